The van der Waals surface area contributed by atoms with Crippen LogP contribution in [0, 0.1) is 5.82 Å². The number of halogens is 2. The molecule has 7 heteroatoms. The summed E-state index contributed by atoms with van der Waals surface area (Å²) in [4.78, 5) is 15.2. The lowest BCUT2D eigenvalue weighted by atomic mass is 10.1. The van der Waals surface area contributed by atoms with Crippen molar-refractivity contribution in [3.63, 3.8) is 0 Å². The molecule has 160 valence electrons. The number of rotatable bonds is 5. The summed E-state index contributed by atoms with van der Waals surface area (Å²) in [6.07, 6.45) is 6.20. The van der Waals surface area contributed by atoms with E-state index in [0.717, 1.165) is 40.8 Å². The van der Waals surface area contributed by atoms with Gasteiger partial charge in [0, 0.05) is 29.9 Å². The average molecular weight is 439 g/mol. The van der Waals surface area contributed by atoms with Crippen LogP contribution in [0.25, 0.3) is 27.7 Å². The zero-order chi connectivity index (χ0) is 20.5. The van der Waals surface area contributed by atoms with Gasteiger partial charge in [-0.15, -0.1) is 12.4 Å². The van der Waals surface area contributed by atoms with Crippen molar-refractivity contribution in [3.8, 4) is 16.8 Å². The van der Waals surface area contributed by atoms with Crippen molar-refractivity contribution >= 4 is 23.3 Å². The minimum absolute atomic E-state index is 0. The molecular formula is C24H24ClFN4O. The Bertz CT molecular complexity index is 1240. The van der Waals surface area contributed by atoms with E-state index in [1.165, 1.54) is 38.1 Å². The standard InChI is InChI=1S/C24H23FN4O.ClH/c25-21-5-3-18(4-6-21)19-9-12-28(24(30)16-19)22-7-8-23-20(15-22)17-26-29(23)14-13-27-10-1-2-11-27;/h3-9,12,15-17H,1-2,10-11,13-14H2;1H. The van der Waals surface area contributed by atoms with Crippen molar-refractivity contribution in [1.82, 2.24) is 19.2 Å². The van der Waals surface area contributed by atoms with Crippen molar-refractivity contribution in [2.24, 2.45) is 0 Å². The normalized spacial score (nSPS) is 14.1. The molecule has 0 aliphatic carbocycles. The first-order valence-electron chi connectivity index (χ1n) is 10.3. The molecule has 5 rings (SSSR count). The Morgan fingerprint density at radius 3 is 2.42 bits per heavy atom. The van der Waals surface area contributed by atoms with E-state index in [9.17, 15) is 9.18 Å². The number of fused-ring (bicyclic) bond motifs is 1. The van der Waals surface area contributed by atoms with Gasteiger partial charge in [0.2, 0.25) is 0 Å². The summed E-state index contributed by atoms with van der Waals surface area (Å²) in [5.74, 6) is -0.290. The molecule has 0 saturated carbocycles. The smallest absolute Gasteiger partial charge is 0.255 e. The number of nitrogens with zero attached hydrogens (tertiary/aromatic N) is 4. The highest BCUT2D eigenvalue weighted by molar-refractivity contribution is 5.85. The van der Waals surface area contributed by atoms with Gasteiger partial charge in [-0.1, -0.05) is 12.1 Å². The highest BCUT2D eigenvalue weighted by atomic mass is 35.5. The molecule has 0 spiro atoms. The van der Waals surface area contributed by atoms with Gasteiger partial charge in [-0.2, -0.15) is 5.10 Å². The van der Waals surface area contributed by atoms with Gasteiger partial charge in [-0.3, -0.25) is 14.0 Å². The van der Waals surface area contributed by atoms with Crippen molar-refractivity contribution < 1.29 is 4.39 Å². The fraction of sp³-hybridized carbons (Fsp3) is 0.250. The molecule has 0 bridgehead atoms. The molecule has 1 aliphatic rings. The molecule has 0 N–H and O–H groups in total. The van der Waals surface area contributed by atoms with Gasteiger partial charge in [0.15, 0.2) is 0 Å². The number of hydrogen-bond acceptors (Lipinski definition) is 3. The average Bonchev–Trinajstić information content (AvgIpc) is 3.42. The third kappa shape index (κ3) is 4.40. The van der Waals surface area contributed by atoms with E-state index in [0.29, 0.717) is 0 Å². The first-order chi connectivity index (χ1) is 14.7. The van der Waals surface area contributed by atoms with Crippen LogP contribution in [0.2, 0.25) is 0 Å². The monoisotopic (exact) mass is 438 g/mol. The quantitative estimate of drug-likeness (QED) is 0.460. The fourth-order valence-corrected chi connectivity index (χ4v) is 4.16. The van der Waals surface area contributed by atoms with E-state index >= 15 is 0 Å². The topological polar surface area (TPSA) is 43.1 Å². The first kappa shape index (κ1) is 21.3. The Balaban J connectivity index is 0.00000231. The zero-order valence-corrected chi connectivity index (χ0v) is 17.9. The maximum atomic E-state index is 13.1. The van der Waals surface area contributed by atoms with Gasteiger partial charge in [0.1, 0.15) is 5.82 Å². The first-order valence-corrected chi connectivity index (χ1v) is 10.3. The Morgan fingerprint density at radius 1 is 0.903 bits per heavy atom. The SMILES string of the molecule is Cl.O=c1cc(-c2ccc(F)cc2)ccn1-c1ccc2c(cnn2CCN2CCCC2)c1. The second kappa shape index (κ2) is 9.04. The summed E-state index contributed by atoms with van der Waals surface area (Å²) in [5, 5.41) is 5.56. The Kier molecular flexibility index (Phi) is 6.20. The number of hydrogen-bond donors (Lipinski definition) is 0. The maximum Gasteiger partial charge on any atom is 0.255 e. The molecule has 5 nitrogen and oxygen atoms in total. The molecule has 0 amide bonds. The fourth-order valence-electron chi connectivity index (χ4n) is 4.16. The molecule has 0 radical (unpaired) electrons. The second-order valence-corrected chi connectivity index (χ2v) is 7.79. The van der Waals surface area contributed by atoms with Crippen LogP contribution in [0.1, 0.15) is 12.8 Å². The Morgan fingerprint density at radius 2 is 1.68 bits per heavy atom. The van der Waals surface area contributed by atoms with E-state index in [1.807, 2.05) is 35.1 Å². The Hall–Kier alpha value is -2.96. The summed E-state index contributed by atoms with van der Waals surface area (Å²) in [6.45, 7) is 4.25. The number of pyridine rings is 1. The lowest BCUT2D eigenvalue weighted by Gasteiger charge is -2.14. The van der Waals surface area contributed by atoms with Gasteiger partial charge in [0.25, 0.3) is 5.56 Å². The van der Waals surface area contributed by atoms with Crippen LogP contribution in [0.5, 0.6) is 0 Å². The molecule has 4 aromatic rings. The number of benzene rings is 2. The summed E-state index contributed by atoms with van der Waals surface area (Å²) in [6, 6.07) is 15.6. The highest BCUT2D eigenvalue weighted by Crippen LogP contribution is 2.21. The van der Waals surface area contributed by atoms with Crippen LogP contribution in [-0.2, 0) is 6.54 Å². The van der Waals surface area contributed by atoms with Crippen molar-refractivity contribution in [1.29, 1.82) is 0 Å². The molecule has 0 unspecified atom stereocenters. The van der Waals surface area contributed by atoms with Gasteiger partial charge >= 0.3 is 0 Å². The molecule has 3 heterocycles. The molecule has 0 atom stereocenters. The molecular weight excluding hydrogens is 415 g/mol. The van der Waals surface area contributed by atoms with Gasteiger partial charge < -0.3 is 4.90 Å². The Labute approximate surface area is 186 Å². The van der Waals surface area contributed by atoms with Crippen LogP contribution in [0.15, 0.2) is 71.8 Å². The van der Waals surface area contributed by atoms with E-state index < -0.39 is 0 Å². The summed E-state index contributed by atoms with van der Waals surface area (Å²) in [5.41, 5.74) is 3.34. The third-order valence-electron chi connectivity index (χ3n) is 5.83. The molecule has 1 fully saturated rings. The highest BCUT2D eigenvalue weighted by Gasteiger charge is 2.12. The number of aromatic nitrogens is 3. The largest absolute Gasteiger partial charge is 0.301 e. The van der Waals surface area contributed by atoms with E-state index in [-0.39, 0.29) is 23.8 Å². The molecule has 2 aromatic heterocycles. The maximum absolute atomic E-state index is 13.1. The summed E-state index contributed by atoms with van der Waals surface area (Å²) < 4.78 is 16.8. The lowest BCUT2D eigenvalue weighted by molar-refractivity contribution is 0.318. The lowest BCUT2D eigenvalue weighted by Crippen LogP contribution is -2.24. The van der Waals surface area contributed by atoms with E-state index in [1.54, 1.807) is 29.0 Å². The molecule has 2 aromatic carbocycles. The molecule has 31 heavy (non-hydrogen) atoms. The van der Waals surface area contributed by atoms with Crippen molar-refractivity contribution in [3.05, 3.63) is 83.2 Å². The number of likely N-dealkylation sites (tertiary alicyclic amines) is 1. The van der Waals surface area contributed by atoms with Crippen LogP contribution in [0.4, 0.5) is 4.39 Å². The minimum atomic E-state index is -0.290. The van der Waals surface area contributed by atoms with Crippen LogP contribution in [0.3, 0.4) is 0 Å². The van der Waals surface area contributed by atoms with Crippen LogP contribution >= 0.6 is 12.4 Å². The van der Waals surface area contributed by atoms with Gasteiger partial charge in [0.05, 0.1) is 18.3 Å². The van der Waals surface area contributed by atoms with Gasteiger partial charge in [-0.25, -0.2) is 4.39 Å². The summed E-state index contributed by atoms with van der Waals surface area (Å²) >= 11 is 0. The third-order valence-corrected chi connectivity index (χ3v) is 5.83. The van der Waals surface area contributed by atoms with Gasteiger partial charge in [-0.05, 0) is 73.5 Å². The second-order valence-electron chi connectivity index (χ2n) is 7.79. The van der Waals surface area contributed by atoms with E-state index in [2.05, 4.69) is 10.00 Å². The van der Waals surface area contributed by atoms with Crippen LogP contribution in [-0.4, -0.2) is 38.9 Å². The predicted molar refractivity (Wildman–Crippen MR) is 124 cm³/mol. The van der Waals surface area contributed by atoms with Crippen molar-refractivity contribution in [2.45, 2.75) is 19.4 Å². The van der Waals surface area contributed by atoms with E-state index in [4.69, 9.17) is 0 Å². The minimum Gasteiger partial charge on any atom is -0.301 e. The van der Waals surface area contributed by atoms with Crippen LogP contribution < -0.4 is 5.56 Å². The molecule has 1 saturated heterocycles. The molecule has 1 aliphatic heterocycles. The van der Waals surface area contributed by atoms with Crippen molar-refractivity contribution in [2.75, 3.05) is 19.6 Å². The predicted octanol–water partition coefficient (Wildman–Crippen LogP) is 4.51. The zero-order valence-electron chi connectivity index (χ0n) is 17.1. The summed E-state index contributed by atoms with van der Waals surface area (Å²) in [7, 11) is 0.